The SMILES string of the molecule is O=S(=O)(Cc1cc(F)ccc1F)NCCn1ccnc1-c1ccccn1. The van der Waals surface area contributed by atoms with Crippen molar-refractivity contribution in [3.05, 3.63) is 72.2 Å². The van der Waals surface area contributed by atoms with Crippen molar-refractivity contribution in [2.45, 2.75) is 12.3 Å². The molecule has 2 heterocycles. The molecule has 6 nitrogen and oxygen atoms in total. The van der Waals surface area contributed by atoms with Gasteiger partial charge in [-0.2, -0.15) is 0 Å². The van der Waals surface area contributed by atoms with E-state index < -0.39 is 27.4 Å². The molecule has 0 bridgehead atoms. The molecule has 0 saturated carbocycles. The molecule has 1 N–H and O–H groups in total. The third kappa shape index (κ3) is 4.50. The molecule has 0 aliphatic carbocycles. The molecule has 2 aromatic heterocycles. The molecule has 3 rings (SSSR count). The van der Waals surface area contributed by atoms with Crippen LogP contribution in [0.15, 0.2) is 55.0 Å². The van der Waals surface area contributed by atoms with Crippen LogP contribution in [0, 0.1) is 11.6 Å². The number of rotatable bonds is 7. The van der Waals surface area contributed by atoms with Gasteiger partial charge in [0.05, 0.1) is 5.75 Å². The Hall–Kier alpha value is -2.65. The van der Waals surface area contributed by atoms with Crippen molar-refractivity contribution >= 4 is 10.0 Å². The topological polar surface area (TPSA) is 76.9 Å². The first-order valence-corrected chi connectivity index (χ1v) is 9.44. The molecule has 0 amide bonds. The quantitative estimate of drug-likeness (QED) is 0.685. The first-order chi connectivity index (χ1) is 12.4. The zero-order chi connectivity index (χ0) is 18.6. The van der Waals surface area contributed by atoms with E-state index in [1.165, 1.54) is 0 Å². The number of hydrogen-bond donors (Lipinski definition) is 1. The maximum absolute atomic E-state index is 13.6. The Morgan fingerprint density at radius 1 is 1.08 bits per heavy atom. The van der Waals surface area contributed by atoms with Gasteiger partial charge in [0.25, 0.3) is 0 Å². The Labute approximate surface area is 149 Å². The van der Waals surface area contributed by atoms with Gasteiger partial charge in [-0.1, -0.05) is 6.07 Å². The molecule has 0 atom stereocenters. The van der Waals surface area contributed by atoms with E-state index in [1.807, 2.05) is 6.07 Å². The van der Waals surface area contributed by atoms with Crippen LogP contribution in [0.1, 0.15) is 5.56 Å². The highest BCUT2D eigenvalue weighted by atomic mass is 32.2. The predicted molar refractivity (Wildman–Crippen MR) is 92.4 cm³/mol. The number of benzene rings is 1. The van der Waals surface area contributed by atoms with E-state index >= 15 is 0 Å². The van der Waals surface area contributed by atoms with Gasteiger partial charge in [0.2, 0.25) is 10.0 Å². The Bertz CT molecular complexity index is 991. The van der Waals surface area contributed by atoms with E-state index in [0.29, 0.717) is 18.1 Å². The number of imidazole rings is 1. The van der Waals surface area contributed by atoms with Crippen LogP contribution in [0.3, 0.4) is 0 Å². The third-order valence-electron chi connectivity index (χ3n) is 3.64. The third-order valence-corrected chi connectivity index (χ3v) is 4.97. The fourth-order valence-corrected chi connectivity index (χ4v) is 3.58. The number of pyridine rings is 1. The van der Waals surface area contributed by atoms with Crippen LogP contribution in [0.2, 0.25) is 0 Å². The van der Waals surface area contributed by atoms with Gasteiger partial charge >= 0.3 is 0 Å². The number of sulfonamides is 1. The molecule has 0 radical (unpaired) electrons. The van der Waals surface area contributed by atoms with Crippen LogP contribution in [-0.2, 0) is 22.3 Å². The van der Waals surface area contributed by atoms with E-state index in [0.717, 1.165) is 18.2 Å². The van der Waals surface area contributed by atoms with Crippen LogP contribution < -0.4 is 4.72 Å². The minimum atomic E-state index is -3.81. The van der Waals surface area contributed by atoms with Crippen molar-refractivity contribution in [1.29, 1.82) is 0 Å². The maximum Gasteiger partial charge on any atom is 0.215 e. The van der Waals surface area contributed by atoms with Crippen LogP contribution in [0.4, 0.5) is 8.78 Å². The summed E-state index contributed by atoms with van der Waals surface area (Å²) in [5.41, 5.74) is 0.455. The van der Waals surface area contributed by atoms with Crippen molar-refractivity contribution in [2.24, 2.45) is 0 Å². The van der Waals surface area contributed by atoms with E-state index in [-0.39, 0.29) is 12.1 Å². The zero-order valence-electron chi connectivity index (χ0n) is 13.6. The summed E-state index contributed by atoms with van der Waals surface area (Å²) in [5.74, 6) is -1.46. The fraction of sp³-hybridized carbons (Fsp3) is 0.176. The van der Waals surface area contributed by atoms with Crippen LogP contribution in [0.25, 0.3) is 11.5 Å². The second-order valence-corrected chi connectivity index (χ2v) is 7.36. The van der Waals surface area contributed by atoms with E-state index in [4.69, 9.17) is 0 Å². The summed E-state index contributed by atoms with van der Waals surface area (Å²) in [4.78, 5) is 8.44. The number of nitrogens with zero attached hydrogens (tertiary/aromatic N) is 3. The molecule has 0 aliphatic rings. The summed E-state index contributed by atoms with van der Waals surface area (Å²) >= 11 is 0. The summed E-state index contributed by atoms with van der Waals surface area (Å²) in [5, 5.41) is 0. The highest BCUT2D eigenvalue weighted by Gasteiger charge is 2.15. The number of nitrogens with one attached hydrogen (secondary N) is 1. The first kappa shape index (κ1) is 18.2. The molecule has 0 aliphatic heterocycles. The van der Waals surface area contributed by atoms with Gasteiger partial charge < -0.3 is 4.57 Å². The molecular formula is C17H16F2N4O2S. The molecule has 0 spiro atoms. The molecule has 136 valence electrons. The normalized spacial score (nSPS) is 11.6. The molecule has 3 aromatic rings. The van der Waals surface area contributed by atoms with Crippen molar-refractivity contribution in [2.75, 3.05) is 6.54 Å². The summed E-state index contributed by atoms with van der Waals surface area (Å²) in [6.45, 7) is 0.395. The minimum absolute atomic E-state index is 0.0788. The van der Waals surface area contributed by atoms with Gasteiger partial charge in [-0.15, -0.1) is 0 Å². The molecule has 0 fully saturated rings. The van der Waals surface area contributed by atoms with E-state index in [1.54, 1.807) is 35.3 Å². The van der Waals surface area contributed by atoms with E-state index in [2.05, 4.69) is 14.7 Å². The monoisotopic (exact) mass is 378 g/mol. The van der Waals surface area contributed by atoms with Crippen molar-refractivity contribution in [1.82, 2.24) is 19.3 Å². The Morgan fingerprint density at radius 2 is 1.92 bits per heavy atom. The van der Waals surface area contributed by atoms with Crippen LogP contribution in [0.5, 0.6) is 0 Å². The Balaban J connectivity index is 1.63. The molecule has 0 saturated heterocycles. The number of aromatic nitrogens is 3. The smallest absolute Gasteiger partial charge is 0.215 e. The van der Waals surface area contributed by atoms with Crippen molar-refractivity contribution < 1.29 is 17.2 Å². The second kappa shape index (κ2) is 7.71. The maximum atomic E-state index is 13.6. The number of halogens is 2. The van der Waals surface area contributed by atoms with Gasteiger partial charge in [-0.05, 0) is 30.3 Å². The lowest BCUT2D eigenvalue weighted by Gasteiger charge is -2.10. The molecule has 0 unspecified atom stereocenters. The average molecular weight is 378 g/mol. The lowest BCUT2D eigenvalue weighted by Crippen LogP contribution is -2.29. The van der Waals surface area contributed by atoms with Crippen LogP contribution >= 0.6 is 0 Å². The number of hydrogen-bond acceptors (Lipinski definition) is 4. The standard InChI is InChI=1S/C17H16F2N4O2S/c18-14-4-5-15(19)13(11-14)12-26(24,25)22-8-10-23-9-7-21-17(23)16-3-1-2-6-20-16/h1-7,9,11,22H,8,10,12H2. The van der Waals surface area contributed by atoms with Gasteiger partial charge in [0.15, 0.2) is 5.82 Å². The summed E-state index contributed by atoms with van der Waals surface area (Å²) < 4.78 is 55.1. The van der Waals surface area contributed by atoms with Crippen molar-refractivity contribution in [3.63, 3.8) is 0 Å². The van der Waals surface area contributed by atoms with Gasteiger partial charge in [0, 0.05) is 37.2 Å². The van der Waals surface area contributed by atoms with Gasteiger partial charge in [-0.25, -0.2) is 26.9 Å². The lowest BCUT2D eigenvalue weighted by atomic mass is 10.2. The highest BCUT2D eigenvalue weighted by Crippen LogP contribution is 2.14. The van der Waals surface area contributed by atoms with Crippen molar-refractivity contribution in [3.8, 4) is 11.5 Å². The molecule has 9 heteroatoms. The van der Waals surface area contributed by atoms with Gasteiger partial charge in [0.1, 0.15) is 17.3 Å². The fourth-order valence-electron chi connectivity index (χ4n) is 2.45. The average Bonchev–Trinajstić information content (AvgIpc) is 3.07. The molecule has 1 aromatic carbocycles. The summed E-state index contributed by atoms with van der Waals surface area (Å²) in [6.07, 6.45) is 4.95. The minimum Gasteiger partial charge on any atom is -0.328 e. The largest absolute Gasteiger partial charge is 0.328 e. The Kier molecular flexibility index (Phi) is 5.38. The van der Waals surface area contributed by atoms with Gasteiger partial charge in [-0.3, -0.25) is 4.98 Å². The summed E-state index contributed by atoms with van der Waals surface area (Å²) in [6, 6.07) is 8.15. The van der Waals surface area contributed by atoms with Crippen LogP contribution in [-0.4, -0.2) is 29.5 Å². The summed E-state index contributed by atoms with van der Waals surface area (Å²) in [7, 11) is -3.81. The zero-order valence-corrected chi connectivity index (χ0v) is 14.5. The van der Waals surface area contributed by atoms with E-state index in [9.17, 15) is 17.2 Å². The predicted octanol–water partition coefficient (Wildman–Crippen LogP) is 2.34. The lowest BCUT2D eigenvalue weighted by molar-refractivity contribution is 0.564. The second-order valence-electron chi connectivity index (χ2n) is 5.55. The molecule has 26 heavy (non-hydrogen) atoms. The highest BCUT2D eigenvalue weighted by molar-refractivity contribution is 7.88. The molecular weight excluding hydrogens is 362 g/mol. The Morgan fingerprint density at radius 3 is 2.69 bits per heavy atom. The first-order valence-electron chi connectivity index (χ1n) is 7.78.